The highest BCUT2D eigenvalue weighted by Gasteiger charge is 2.48. The summed E-state index contributed by atoms with van der Waals surface area (Å²) in [4.78, 5) is 12.0. The largest absolute Gasteiger partial charge is 0.493 e. The molecular weight excluding hydrogens is 412 g/mol. The van der Waals surface area contributed by atoms with E-state index >= 15 is 0 Å². The number of esters is 1. The summed E-state index contributed by atoms with van der Waals surface area (Å²) >= 11 is 0. The number of allylic oxidation sites excluding steroid dienone is 1. The Labute approximate surface area is 186 Å². The van der Waals surface area contributed by atoms with Crippen molar-refractivity contribution < 1.29 is 33.2 Å². The van der Waals surface area contributed by atoms with Gasteiger partial charge < -0.3 is 28.4 Å². The van der Waals surface area contributed by atoms with Crippen LogP contribution >= 0.6 is 0 Å². The minimum atomic E-state index is -0.427. The first kappa shape index (κ1) is 20.8. The van der Waals surface area contributed by atoms with Crippen LogP contribution in [-0.4, -0.2) is 33.1 Å². The topological polar surface area (TPSA) is 72.5 Å². The zero-order chi connectivity index (χ0) is 22.2. The van der Waals surface area contributed by atoms with E-state index in [-0.39, 0.29) is 30.8 Å². The highest BCUT2D eigenvalue weighted by molar-refractivity contribution is 5.85. The zero-order valence-electron chi connectivity index (χ0n) is 18.3. The third kappa shape index (κ3) is 3.82. The zero-order valence-corrected chi connectivity index (χ0v) is 18.3. The van der Waals surface area contributed by atoms with Gasteiger partial charge in [-0.3, -0.25) is 0 Å². The first-order valence-corrected chi connectivity index (χ1v) is 10.7. The van der Waals surface area contributed by atoms with Crippen molar-refractivity contribution in [2.45, 2.75) is 26.1 Å². The second kappa shape index (κ2) is 8.48. The summed E-state index contributed by atoms with van der Waals surface area (Å²) in [6, 6.07) is 11.5. The molecule has 3 aliphatic rings. The van der Waals surface area contributed by atoms with E-state index in [2.05, 4.69) is 0 Å². The van der Waals surface area contributed by atoms with E-state index in [0.29, 0.717) is 24.7 Å². The number of hydrogen-bond acceptors (Lipinski definition) is 7. The molecule has 0 unspecified atom stereocenters. The first-order chi connectivity index (χ1) is 15.5. The van der Waals surface area contributed by atoms with E-state index < -0.39 is 5.97 Å². The first-order valence-electron chi connectivity index (χ1n) is 10.7. The van der Waals surface area contributed by atoms with Crippen molar-refractivity contribution >= 4 is 5.97 Å². The van der Waals surface area contributed by atoms with Crippen LogP contribution in [0.2, 0.25) is 0 Å². The van der Waals surface area contributed by atoms with E-state index in [4.69, 9.17) is 28.4 Å². The summed E-state index contributed by atoms with van der Waals surface area (Å²) in [5.41, 5.74) is 2.92. The second-order valence-corrected chi connectivity index (χ2v) is 8.50. The predicted molar refractivity (Wildman–Crippen MR) is 115 cm³/mol. The molecule has 5 rings (SSSR count). The molecule has 0 aromatic heterocycles. The molecule has 2 fully saturated rings. The second-order valence-electron chi connectivity index (χ2n) is 8.50. The number of ether oxygens (including phenoxy) is 6. The molecule has 3 aliphatic heterocycles. The van der Waals surface area contributed by atoms with Gasteiger partial charge in [0, 0.05) is 17.9 Å². The molecule has 4 atom stereocenters. The molecule has 0 N–H and O–H groups in total. The maximum Gasteiger partial charge on any atom is 0.336 e. The Hall–Kier alpha value is -3.03. The minimum Gasteiger partial charge on any atom is -0.493 e. The lowest BCUT2D eigenvalue weighted by Crippen LogP contribution is -2.14. The number of hydrogen-bond donors (Lipinski definition) is 0. The monoisotopic (exact) mass is 438 g/mol. The molecule has 168 valence electrons. The van der Waals surface area contributed by atoms with E-state index in [1.807, 2.05) is 44.2 Å². The third-order valence-corrected chi connectivity index (χ3v) is 6.12. The van der Waals surface area contributed by atoms with Crippen molar-refractivity contribution in [2.24, 2.45) is 11.8 Å². The molecule has 0 bridgehead atoms. The summed E-state index contributed by atoms with van der Waals surface area (Å²) in [6.45, 7) is 5.15. The SMILES string of the molecule is COc1cc([C@@H]2OC[C@@H]3[C@H]2CO[C@H]3c2ccc3c(c2)OCO3)ccc1OC(=O)C=C(C)C. The fraction of sp³-hybridized carbons (Fsp3) is 0.400. The summed E-state index contributed by atoms with van der Waals surface area (Å²) in [5.74, 6) is 2.43. The molecule has 7 nitrogen and oxygen atoms in total. The van der Waals surface area contributed by atoms with E-state index in [1.165, 1.54) is 6.08 Å². The van der Waals surface area contributed by atoms with Crippen LogP contribution in [0.1, 0.15) is 37.2 Å². The Morgan fingerprint density at radius 2 is 1.56 bits per heavy atom. The van der Waals surface area contributed by atoms with Crippen molar-refractivity contribution in [3.05, 3.63) is 59.2 Å². The fourth-order valence-corrected chi connectivity index (χ4v) is 4.64. The van der Waals surface area contributed by atoms with Gasteiger partial charge in [0.15, 0.2) is 23.0 Å². The van der Waals surface area contributed by atoms with Gasteiger partial charge in [0.05, 0.1) is 32.5 Å². The molecule has 0 spiro atoms. The van der Waals surface area contributed by atoms with Gasteiger partial charge in [-0.2, -0.15) is 0 Å². The van der Waals surface area contributed by atoms with Crippen molar-refractivity contribution in [2.75, 3.05) is 27.1 Å². The van der Waals surface area contributed by atoms with Crippen LogP contribution in [0.25, 0.3) is 0 Å². The number of carbonyl (C=O) groups excluding carboxylic acids is 1. The van der Waals surface area contributed by atoms with Gasteiger partial charge in [0.2, 0.25) is 6.79 Å². The number of fused-ring (bicyclic) bond motifs is 2. The van der Waals surface area contributed by atoms with Crippen molar-refractivity contribution in [1.29, 1.82) is 0 Å². The van der Waals surface area contributed by atoms with Crippen LogP contribution < -0.4 is 18.9 Å². The summed E-state index contributed by atoms with van der Waals surface area (Å²) < 4.78 is 34.3. The Bertz CT molecular complexity index is 1060. The van der Waals surface area contributed by atoms with Gasteiger partial charge in [0.1, 0.15) is 0 Å². The molecule has 0 radical (unpaired) electrons. The fourth-order valence-electron chi connectivity index (χ4n) is 4.64. The molecule has 7 heteroatoms. The van der Waals surface area contributed by atoms with Gasteiger partial charge >= 0.3 is 5.97 Å². The van der Waals surface area contributed by atoms with E-state index in [1.54, 1.807) is 13.2 Å². The van der Waals surface area contributed by atoms with Gasteiger partial charge in [0.25, 0.3) is 0 Å². The summed E-state index contributed by atoms with van der Waals surface area (Å²) in [6.07, 6.45) is 1.28. The van der Waals surface area contributed by atoms with Crippen molar-refractivity contribution in [3.8, 4) is 23.0 Å². The highest BCUT2D eigenvalue weighted by atomic mass is 16.7. The van der Waals surface area contributed by atoms with Gasteiger partial charge in [-0.1, -0.05) is 17.7 Å². The summed E-state index contributed by atoms with van der Waals surface area (Å²) in [7, 11) is 1.56. The standard InChI is InChI=1S/C25H26O7/c1-14(2)8-23(26)32-20-7-5-15(9-21(20)27-3)24-17-11-29-25(18(17)12-28-24)16-4-6-19-22(10-16)31-13-30-19/h4-10,17-18,24-25H,11-13H2,1-3H3/t17-,18-,24+,25+/m1/s1. The minimum absolute atomic E-state index is 0.0503. The maximum atomic E-state index is 12.0. The van der Waals surface area contributed by atoms with Gasteiger partial charge in [-0.15, -0.1) is 0 Å². The van der Waals surface area contributed by atoms with Crippen LogP contribution in [-0.2, 0) is 14.3 Å². The lowest BCUT2D eigenvalue weighted by atomic mass is 9.85. The predicted octanol–water partition coefficient (Wildman–Crippen LogP) is 4.37. The average Bonchev–Trinajstić information content (AvgIpc) is 3.49. The van der Waals surface area contributed by atoms with Crippen LogP contribution in [0.15, 0.2) is 48.0 Å². The molecule has 0 saturated carbocycles. The molecule has 2 aromatic rings. The molecule has 2 aromatic carbocycles. The number of rotatable bonds is 5. The number of carbonyl (C=O) groups is 1. The normalized spacial score (nSPS) is 25.3. The quantitative estimate of drug-likeness (QED) is 0.390. The Morgan fingerprint density at radius 3 is 2.25 bits per heavy atom. The van der Waals surface area contributed by atoms with Crippen LogP contribution in [0, 0.1) is 11.8 Å². The highest BCUT2D eigenvalue weighted by Crippen LogP contribution is 2.51. The van der Waals surface area contributed by atoms with E-state index in [0.717, 1.165) is 28.2 Å². The molecule has 32 heavy (non-hydrogen) atoms. The van der Waals surface area contributed by atoms with Gasteiger partial charge in [-0.05, 0) is 49.2 Å². The average molecular weight is 438 g/mol. The number of methoxy groups -OCH3 is 1. The lowest BCUT2D eigenvalue weighted by Gasteiger charge is -2.18. The smallest absolute Gasteiger partial charge is 0.336 e. The lowest BCUT2D eigenvalue weighted by molar-refractivity contribution is -0.129. The van der Waals surface area contributed by atoms with Crippen LogP contribution in [0.5, 0.6) is 23.0 Å². The molecule has 2 saturated heterocycles. The Balaban J connectivity index is 1.33. The molecule has 3 heterocycles. The van der Waals surface area contributed by atoms with Crippen molar-refractivity contribution in [1.82, 2.24) is 0 Å². The van der Waals surface area contributed by atoms with Gasteiger partial charge in [-0.25, -0.2) is 4.79 Å². The van der Waals surface area contributed by atoms with Crippen LogP contribution in [0.3, 0.4) is 0 Å². The molecule has 0 amide bonds. The number of benzene rings is 2. The Kier molecular flexibility index (Phi) is 5.53. The van der Waals surface area contributed by atoms with E-state index in [9.17, 15) is 4.79 Å². The molecular formula is C25H26O7. The summed E-state index contributed by atoms with van der Waals surface area (Å²) in [5, 5.41) is 0. The van der Waals surface area contributed by atoms with Crippen molar-refractivity contribution in [3.63, 3.8) is 0 Å². The Morgan fingerprint density at radius 1 is 0.906 bits per heavy atom. The van der Waals surface area contributed by atoms with Crippen LogP contribution in [0.4, 0.5) is 0 Å². The molecule has 0 aliphatic carbocycles. The third-order valence-electron chi connectivity index (χ3n) is 6.12. The maximum absolute atomic E-state index is 12.0.